The highest BCUT2D eigenvalue weighted by Gasteiger charge is 2.11. The Morgan fingerprint density at radius 1 is 1.03 bits per heavy atom. The smallest absolute Gasteiger partial charge is 0.308 e. The van der Waals surface area contributed by atoms with Crippen LogP contribution in [-0.4, -0.2) is 25.6 Å². The van der Waals surface area contributed by atoms with E-state index >= 15 is 0 Å². The van der Waals surface area contributed by atoms with Crippen molar-refractivity contribution >= 4 is 34.9 Å². The Kier molecular flexibility index (Phi) is 5.67. The summed E-state index contributed by atoms with van der Waals surface area (Å²) >= 11 is 1.58. The Labute approximate surface area is 179 Å². The van der Waals surface area contributed by atoms with E-state index < -0.39 is 0 Å². The van der Waals surface area contributed by atoms with Crippen molar-refractivity contribution < 1.29 is 4.79 Å². The van der Waals surface area contributed by atoms with E-state index in [4.69, 9.17) is 0 Å². The number of urea groups is 1. The minimum atomic E-state index is -0.272. The quantitative estimate of drug-likeness (QED) is 0.441. The first-order chi connectivity index (χ1) is 14.5. The summed E-state index contributed by atoms with van der Waals surface area (Å²) in [4.78, 5) is 22.2. The van der Waals surface area contributed by atoms with Crippen LogP contribution in [0.1, 0.15) is 24.0 Å². The van der Waals surface area contributed by atoms with Gasteiger partial charge in [-0.3, -0.25) is 0 Å². The number of benzene rings is 2. The highest BCUT2D eigenvalue weighted by Crippen LogP contribution is 2.29. The summed E-state index contributed by atoms with van der Waals surface area (Å²) in [5.74, 6) is 1.30. The molecule has 0 saturated carbocycles. The van der Waals surface area contributed by atoms with Crippen LogP contribution in [0.15, 0.2) is 64.5 Å². The molecule has 2 amide bonds. The standard InChI is InChI=1S/C22H22N6OS/c1-4-16-13-20(28-21(24-16)23-15(3)27-28)30-18-11-9-17(10-12-18)25-22(29)26-19-8-6-5-7-14(19)2/h5-13H,4H2,1-3H3,(H2,25,26,29). The third-order valence-corrected chi connectivity index (χ3v) is 5.54. The van der Waals surface area contributed by atoms with Crippen LogP contribution in [-0.2, 0) is 6.42 Å². The van der Waals surface area contributed by atoms with E-state index in [2.05, 4.69) is 32.6 Å². The molecule has 0 fully saturated rings. The van der Waals surface area contributed by atoms with E-state index in [1.54, 1.807) is 16.3 Å². The SMILES string of the molecule is CCc1cc(Sc2ccc(NC(=O)Nc3ccccc3C)cc2)n2nc(C)nc2n1. The predicted molar refractivity (Wildman–Crippen MR) is 119 cm³/mol. The molecule has 0 atom stereocenters. The van der Waals surface area contributed by atoms with Gasteiger partial charge in [0, 0.05) is 22.0 Å². The van der Waals surface area contributed by atoms with Crippen molar-refractivity contribution in [2.75, 3.05) is 10.6 Å². The molecule has 2 aromatic heterocycles. The monoisotopic (exact) mass is 418 g/mol. The number of nitrogens with one attached hydrogen (secondary N) is 2. The molecule has 4 aromatic rings. The minimum Gasteiger partial charge on any atom is -0.308 e. The molecule has 30 heavy (non-hydrogen) atoms. The molecule has 4 rings (SSSR count). The highest BCUT2D eigenvalue weighted by molar-refractivity contribution is 7.99. The highest BCUT2D eigenvalue weighted by atomic mass is 32.2. The molecule has 7 nitrogen and oxygen atoms in total. The number of fused-ring (bicyclic) bond motifs is 1. The lowest BCUT2D eigenvalue weighted by molar-refractivity contribution is 0.262. The number of aryl methyl sites for hydroxylation is 3. The largest absolute Gasteiger partial charge is 0.323 e. The topological polar surface area (TPSA) is 84.2 Å². The van der Waals surface area contributed by atoms with Gasteiger partial charge in [-0.25, -0.2) is 9.78 Å². The maximum absolute atomic E-state index is 12.3. The number of hydrogen-bond acceptors (Lipinski definition) is 5. The summed E-state index contributed by atoms with van der Waals surface area (Å²) in [6.45, 7) is 5.88. The summed E-state index contributed by atoms with van der Waals surface area (Å²) < 4.78 is 1.76. The number of rotatable bonds is 5. The molecule has 0 bridgehead atoms. The van der Waals surface area contributed by atoms with Gasteiger partial charge < -0.3 is 10.6 Å². The molecule has 0 aliphatic rings. The maximum atomic E-state index is 12.3. The number of amides is 2. The third-order valence-electron chi connectivity index (χ3n) is 4.53. The Bertz CT molecular complexity index is 1200. The lowest BCUT2D eigenvalue weighted by Gasteiger charge is -2.10. The van der Waals surface area contributed by atoms with Gasteiger partial charge in [-0.05, 0) is 62.2 Å². The van der Waals surface area contributed by atoms with Gasteiger partial charge in [0.25, 0.3) is 5.78 Å². The molecule has 8 heteroatoms. The molecule has 0 spiro atoms. The van der Waals surface area contributed by atoms with Crippen LogP contribution in [0, 0.1) is 13.8 Å². The maximum Gasteiger partial charge on any atom is 0.323 e. The van der Waals surface area contributed by atoms with Crippen LogP contribution < -0.4 is 10.6 Å². The van der Waals surface area contributed by atoms with Gasteiger partial charge in [0.05, 0.1) is 0 Å². The van der Waals surface area contributed by atoms with Crippen molar-refractivity contribution in [2.24, 2.45) is 0 Å². The van der Waals surface area contributed by atoms with Crippen LogP contribution >= 0.6 is 11.8 Å². The lowest BCUT2D eigenvalue weighted by Crippen LogP contribution is -2.19. The van der Waals surface area contributed by atoms with Gasteiger partial charge in [0.2, 0.25) is 0 Å². The molecule has 2 heterocycles. The zero-order valence-corrected chi connectivity index (χ0v) is 17.8. The van der Waals surface area contributed by atoms with Crippen LogP contribution in [0.5, 0.6) is 0 Å². The summed E-state index contributed by atoms with van der Waals surface area (Å²) in [5.41, 5.74) is 3.50. The molecule has 0 saturated heterocycles. The van der Waals surface area contributed by atoms with Crippen LogP contribution in [0.25, 0.3) is 5.78 Å². The first kappa shape index (κ1) is 19.9. The summed E-state index contributed by atoms with van der Waals surface area (Å²) in [6, 6.07) is 17.1. The average Bonchev–Trinajstić information content (AvgIpc) is 3.11. The first-order valence-electron chi connectivity index (χ1n) is 9.66. The summed E-state index contributed by atoms with van der Waals surface area (Å²) in [7, 11) is 0. The van der Waals surface area contributed by atoms with Gasteiger partial charge in [0.1, 0.15) is 10.9 Å². The lowest BCUT2D eigenvalue weighted by atomic mass is 10.2. The third kappa shape index (κ3) is 4.44. The van der Waals surface area contributed by atoms with E-state index in [0.717, 1.165) is 39.0 Å². The zero-order valence-electron chi connectivity index (χ0n) is 17.0. The van der Waals surface area contributed by atoms with E-state index in [1.165, 1.54) is 0 Å². The van der Waals surface area contributed by atoms with Gasteiger partial charge in [-0.1, -0.05) is 36.9 Å². The van der Waals surface area contributed by atoms with E-state index in [0.29, 0.717) is 11.6 Å². The van der Waals surface area contributed by atoms with Gasteiger partial charge >= 0.3 is 6.03 Å². The second-order valence-electron chi connectivity index (χ2n) is 6.83. The Hall–Kier alpha value is -3.39. The second kappa shape index (κ2) is 8.54. The van der Waals surface area contributed by atoms with Crippen molar-refractivity contribution in [3.05, 3.63) is 71.7 Å². The van der Waals surface area contributed by atoms with Crippen LogP contribution in [0.3, 0.4) is 0 Å². The molecule has 0 radical (unpaired) electrons. The van der Waals surface area contributed by atoms with Crippen LogP contribution in [0.2, 0.25) is 0 Å². The number of carbonyl (C=O) groups excluding carboxylic acids is 1. The minimum absolute atomic E-state index is 0.272. The molecule has 2 N–H and O–H groups in total. The predicted octanol–water partition coefficient (Wildman–Crippen LogP) is 5.10. The number of carbonyl (C=O) groups is 1. The van der Waals surface area contributed by atoms with Crippen molar-refractivity contribution in [3.63, 3.8) is 0 Å². The fourth-order valence-electron chi connectivity index (χ4n) is 2.97. The number of anilines is 2. The van der Waals surface area contributed by atoms with E-state index in [-0.39, 0.29) is 6.03 Å². The van der Waals surface area contributed by atoms with Crippen molar-refractivity contribution in [2.45, 2.75) is 37.1 Å². The Balaban J connectivity index is 1.47. The first-order valence-corrected chi connectivity index (χ1v) is 10.5. The summed E-state index contributed by atoms with van der Waals surface area (Å²) in [5, 5.41) is 11.1. The van der Waals surface area contributed by atoms with E-state index in [1.807, 2.05) is 68.4 Å². The number of aromatic nitrogens is 4. The average molecular weight is 419 g/mol. The number of hydrogen-bond donors (Lipinski definition) is 2. The van der Waals surface area contributed by atoms with E-state index in [9.17, 15) is 4.79 Å². The van der Waals surface area contributed by atoms with Gasteiger partial charge in [-0.2, -0.15) is 9.50 Å². The molecular formula is C22H22N6OS. The second-order valence-corrected chi connectivity index (χ2v) is 7.92. The van der Waals surface area contributed by atoms with Gasteiger partial charge in [0.15, 0.2) is 0 Å². The van der Waals surface area contributed by atoms with Crippen molar-refractivity contribution in [1.29, 1.82) is 0 Å². The fraction of sp³-hybridized carbons (Fsp3) is 0.182. The molecule has 0 aliphatic carbocycles. The Morgan fingerprint density at radius 2 is 1.80 bits per heavy atom. The number of para-hydroxylation sites is 1. The van der Waals surface area contributed by atoms with Gasteiger partial charge in [-0.15, -0.1) is 5.10 Å². The number of nitrogens with zero attached hydrogens (tertiary/aromatic N) is 4. The molecule has 2 aromatic carbocycles. The fourth-order valence-corrected chi connectivity index (χ4v) is 3.88. The van der Waals surface area contributed by atoms with Crippen molar-refractivity contribution in [1.82, 2.24) is 19.6 Å². The summed E-state index contributed by atoms with van der Waals surface area (Å²) in [6.07, 6.45) is 0.828. The molecular weight excluding hydrogens is 396 g/mol. The molecule has 152 valence electrons. The zero-order chi connectivity index (χ0) is 21.1. The normalized spacial score (nSPS) is 10.9. The Morgan fingerprint density at radius 3 is 2.53 bits per heavy atom. The van der Waals surface area contributed by atoms with Crippen LogP contribution in [0.4, 0.5) is 16.2 Å². The van der Waals surface area contributed by atoms with Crippen molar-refractivity contribution in [3.8, 4) is 0 Å². The molecule has 0 unspecified atom stereocenters. The molecule has 0 aliphatic heterocycles.